The SMILES string of the molecule is CCCCCC1CC(O)C(CCC(C)CCCC(C)C)C(O)C1. The summed E-state index contributed by atoms with van der Waals surface area (Å²) in [5, 5.41) is 20.9. The molecule has 3 atom stereocenters. The summed E-state index contributed by atoms with van der Waals surface area (Å²) in [5.74, 6) is 2.17. The third kappa shape index (κ3) is 8.54. The number of hydrogen-bond acceptors (Lipinski definition) is 2. The zero-order valence-electron chi connectivity index (χ0n) is 16.1. The minimum atomic E-state index is -0.284. The summed E-state index contributed by atoms with van der Waals surface area (Å²) < 4.78 is 0. The maximum Gasteiger partial charge on any atom is 0.0595 e. The summed E-state index contributed by atoms with van der Waals surface area (Å²) in [6, 6.07) is 0. The van der Waals surface area contributed by atoms with Gasteiger partial charge in [-0.05, 0) is 37.0 Å². The van der Waals surface area contributed by atoms with E-state index >= 15 is 0 Å². The lowest BCUT2D eigenvalue weighted by Crippen LogP contribution is -2.40. The van der Waals surface area contributed by atoms with Crippen molar-refractivity contribution in [3.8, 4) is 0 Å². The molecule has 1 rings (SSSR count). The fraction of sp³-hybridized carbons (Fsp3) is 1.00. The Morgan fingerprint density at radius 3 is 2.04 bits per heavy atom. The second-order valence-electron chi connectivity index (χ2n) is 8.64. The van der Waals surface area contributed by atoms with Gasteiger partial charge in [-0.25, -0.2) is 0 Å². The van der Waals surface area contributed by atoms with E-state index in [4.69, 9.17) is 0 Å². The molecular weight excluding hydrogens is 284 g/mol. The Hall–Kier alpha value is -0.0800. The highest BCUT2D eigenvalue weighted by molar-refractivity contribution is 4.86. The third-order valence-electron chi connectivity index (χ3n) is 5.83. The number of aliphatic hydroxyl groups excluding tert-OH is 2. The van der Waals surface area contributed by atoms with Crippen LogP contribution in [-0.2, 0) is 0 Å². The van der Waals surface area contributed by atoms with E-state index in [1.54, 1.807) is 0 Å². The molecule has 0 heterocycles. The van der Waals surface area contributed by atoms with Crippen LogP contribution in [0.2, 0.25) is 0 Å². The van der Waals surface area contributed by atoms with Crippen LogP contribution in [0.1, 0.15) is 98.3 Å². The predicted octanol–water partition coefficient (Wildman–Crippen LogP) is 5.56. The molecule has 23 heavy (non-hydrogen) atoms. The molecular formula is C21H42O2. The van der Waals surface area contributed by atoms with E-state index in [2.05, 4.69) is 27.7 Å². The van der Waals surface area contributed by atoms with E-state index in [-0.39, 0.29) is 18.1 Å². The van der Waals surface area contributed by atoms with E-state index < -0.39 is 0 Å². The van der Waals surface area contributed by atoms with Gasteiger partial charge < -0.3 is 10.2 Å². The van der Waals surface area contributed by atoms with Crippen LogP contribution in [0, 0.1) is 23.7 Å². The Morgan fingerprint density at radius 1 is 0.826 bits per heavy atom. The van der Waals surface area contributed by atoms with Gasteiger partial charge in [-0.15, -0.1) is 0 Å². The van der Waals surface area contributed by atoms with Gasteiger partial charge in [0.05, 0.1) is 12.2 Å². The zero-order chi connectivity index (χ0) is 17.2. The maximum absolute atomic E-state index is 10.5. The Labute approximate surface area is 145 Å². The van der Waals surface area contributed by atoms with Crippen LogP contribution < -0.4 is 0 Å². The first kappa shape index (κ1) is 21.0. The fourth-order valence-corrected chi connectivity index (χ4v) is 4.18. The van der Waals surface area contributed by atoms with Crippen molar-refractivity contribution < 1.29 is 10.2 Å². The van der Waals surface area contributed by atoms with E-state index in [1.165, 1.54) is 44.9 Å². The van der Waals surface area contributed by atoms with Gasteiger partial charge >= 0.3 is 0 Å². The molecule has 1 fully saturated rings. The molecule has 0 aromatic carbocycles. The normalized spacial score (nSPS) is 29.9. The van der Waals surface area contributed by atoms with Crippen molar-refractivity contribution in [3.05, 3.63) is 0 Å². The fourth-order valence-electron chi connectivity index (χ4n) is 4.18. The average molecular weight is 327 g/mol. The van der Waals surface area contributed by atoms with Gasteiger partial charge in [0.25, 0.3) is 0 Å². The second kappa shape index (κ2) is 11.5. The highest BCUT2D eigenvalue weighted by atomic mass is 16.3. The first-order valence-electron chi connectivity index (χ1n) is 10.3. The van der Waals surface area contributed by atoms with Crippen LogP contribution in [0.3, 0.4) is 0 Å². The van der Waals surface area contributed by atoms with Crippen molar-refractivity contribution >= 4 is 0 Å². The van der Waals surface area contributed by atoms with E-state index in [0.29, 0.717) is 5.92 Å². The average Bonchev–Trinajstić information content (AvgIpc) is 2.46. The number of aliphatic hydroxyl groups is 2. The predicted molar refractivity (Wildman–Crippen MR) is 99.5 cm³/mol. The van der Waals surface area contributed by atoms with Crippen molar-refractivity contribution in [1.29, 1.82) is 0 Å². The standard InChI is InChI=1S/C21H42O2/c1-5-6-7-11-18-14-20(22)19(21(23)15-18)13-12-17(4)10-8-9-16(2)3/h16-23H,5-15H2,1-4H3. The van der Waals surface area contributed by atoms with Crippen molar-refractivity contribution in [2.75, 3.05) is 0 Å². The molecule has 0 spiro atoms. The largest absolute Gasteiger partial charge is 0.393 e. The lowest BCUT2D eigenvalue weighted by molar-refractivity contribution is -0.0517. The van der Waals surface area contributed by atoms with E-state index in [1.807, 2.05) is 0 Å². The summed E-state index contributed by atoms with van der Waals surface area (Å²) >= 11 is 0. The van der Waals surface area contributed by atoms with Gasteiger partial charge in [-0.1, -0.05) is 79.1 Å². The van der Waals surface area contributed by atoms with Gasteiger partial charge in [-0.2, -0.15) is 0 Å². The van der Waals surface area contributed by atoms with E-state index in [9.17, 15) is 10.2 Å². The molecule has 138 valence electrons. The smallest absolute Gasteiger partial charge is 0.0595 e. The second-order valence-corrected chi connectivity index (χ2v) is 8.64. The minimum Gasteiger partial charge on any atom is -0.393 e. The zero-order valence-corrected chi connectivity index (χ0v) is 16.1. The lowest BCUT2D eigenvalue weighted by atomic mass is 9.73. The molecule has 1 aliphatic rings. The van der Waals surface area contributed by atoms with Crippen molar-refractivity contribution in [2.24, 2.45) is 23.7 Å². The lowest BCUT2D eigenvalue weighted by Gasteiger charge is -2.37. The molecule has 1 saturated carbocycles. The molecule has 3 unspecified atom stereocenters. The molecule has 1 aliphatic carbocycles. The van der Waals surface area contributed by atoms with Crippen LogP contribution in [0.4, 0.5) is 0 Å². The van der Waals surface area contributed by atoms with Gasteiger partial charge in [0.15, 0.2) is 0 Å². The summed E-state index contributed by atoms with van der Waals surface area (Å²) in [6.07, 6.45) is 12.3. The first-order chi connectivity index (χ1) is 10.9. The van der Waals surface area contributed by atoms with Crippen molar-refractivity contribution in [1.82, 2.24) is 0 Å². The van der Waals surface area contributed by atoms with Crippen LogP contribution in [-0.4, -0.2) is 22.4 Å². The quantitative estimate of drug-likeness (QED) is 0.488. The highest BCUT2D eigenvalue weighted by Crippen LogP contribution is 2.36. The molecule has 0 saturated heterocycles. The van der Waals surface area contributed by atoms with Crippen LogP contribution in [0.15, 0.2) is 0 Å². The number of rotatable bonds is 11. The molecule has 0 amide bonds. The highest BCUT2D eigenvalue weighted by Gasteiger charge is 2.35. The number of unbranched alkanes of at least 4 members (excludes halogenated alkanes) is 2. The van der Waals surface area contributed by atoms with Crippen molar-refractivity contribution in [3.63, 3.8) is 0 Å². The summed E-state index contributed by atoms with van der Waals surface area (Å²) in [5.41, 5.74) is 0. The first-order valence-corrected chi connectivity index (χ1v) is 10.3. The molecule has 0 bridgehead atoms. The topological polar surface area (TPSA) is 40.5 Å². The van der Waals surface area contributed by atoms with Gasteiger partial charge in [0.1, 0.15) is 0 Å². The third-order valence-corrected chi connectivity index (χ3v) is 5.83. The van der Waals surface area contributed by atoms with Crippen LogP contribution in [0.5, 0.6) is 0 Å². The Kier molecular flexibility index (Phi) is 10.5. The molecule has 2 N–H and O–H groups in total. The molecule has 0 aliphatic heterocycles. The molecule has 0 aromatic heterocycles. The van der Waals surface area contributed by atoms with E-state index in [0.717, 1.165) is 37.5 Å². The monoisotopic (exact) mass is 326 g/mol. The Balaban J connectivity index is 2.26. The van der Waals surface area contributed by atoms with Crippen LogP contribution >= 0.6 is 0 Å². The molecule has 0 aromatic rings. The van der Waals surface area contributed by atoms with Gasteiger partial charge in [0, 0.05) is 5.92 Å². The summed E-state index contributed by atoms with van der Waals surface area (Å²) in [6.45, 7) is 9.13. The summed E-state index contributed by atoms with van der Waals surface area (Å²) in [4.78, 5) is 0. The number of hydrogen-bond donors (Lipinski definition) is 2. The van der Waals surface area contributed by atoms with Gasteiger partial charge in [0.2, 0.25) is 0 Å². The minimum absolute atomic E-state index is 0.116. The molecule has 0 radical (unpaired) electrons. The molecule has 2 heteroatoms. The van der Waals surface area contributed by atoms with Gasteiger partial charge in [-0.3, -0.25) is 0 Å². The Morgan fingerprint density at radius 2 is 1.48 bits per heavy atom. The summed E-state index contributed by atoms with van der Waals surface area (Å²) in [7, 11) is 0. The van der Waals surface area contributed by atoms with Crippen LogP contribution in [0.25, 0.3) is 0 Å². The maximum atomic E-state index is 10.5. The molecule has 2 nitrogen and oxygen atoms in total. The van der Waals surface area contributed by atoms with Crippen molar-refractivity contribution in [2.45, 2.75) is 111 Å². The Bertz CT molecular complexity index is 278.